The average Bonchev–Trinajstić information content (AvgIpc) is 2.27. The van der Waals surface area contributed by atoms with E-state index in [0.717, 1.165) is 0 Å². The zero-order valence-electron chi connectivity index (χ0n) is 8.56. The van der Waals surface area contributed by atoms with Gasteiger partial charge in [0.2, 0.25) is 0 Å². The smallest absolute Gasteiger partial charge is 0.347 e. The SMILES string of the molecule is CO[13c]1[13cH][13c](O)[13c]2[13c](=O)o[13c]([13CH2]O)[13cH][13c]2[13cH]1. The Bertz CT molecular complexity index is 579. The van der Waals surface area contributed by atoms with Gasteiger partial charge in [0, 0.05) is 6.07 Å². The Morgan fingerprint density at radius 1 is 1.38 bits per heavy atom. The van der Waals surface area contributed by atoms with E-state index in [2.05, 4.69) is 0 Å². The van der Waals surface area contributed by atoms with Crippen LogP contribution in [0.2, 0.25) is 0 Å². The topological polar surface area (TPSA) is 79.9 Å². The Kier molecular flexibility index (Phi) is 2.54. The number of aromatic hydroxyl groups is 1. The van der Waals surface area contributed by atoms with Crippen molar-refractivity contribution in [3.05, 3.63) is 34.4 Å². The Hall–Kier alpha value is -2.01. The molecule has 0 atom stereocenters. The molecule has 1 aromatic heterocycles. The van der Waals surface area contributed by atoms with E-state index in [-0.39, 0.29) is 23.5 Å². The summed E-state index contributed by atoms with van der Waals surface area (Å²) in [4.78, 5) is 11.5. The molecule has 0 amide bonds. The lowest BCUT2D eigenvalue weighted by molar-refractivity contribution is 0.241. The van der Waals surface area contributed by atoms with Gasteiger partial charge in [0.1, 0.15) is 29.3 Å². The van der Waals surface area contributed by atoms with Crippen molar-refractivity contribution in [1.82, 2.24) is 0 Å². The lowest BCUT2D eigenvalue weighted by Gasteiger charge is -2.05. The minimum atomic E-state index is -0.679. The molecule has 16 heavy (non-hydrogen) atoms. The zero-order valence-corrected chi connectivity index (χ0v) is 8.56. The predicted molar refractivity (Wildman–Crippen MR) is 56.6 cm³/mol. The summed E-state index contributed by atoms with van der Waals surface area (Å²) >= 11 is 0. The summed E-state index contributed by atoms with van der Waals surface area (Å²) in [5, 5.41) is 19.1. The number of ether oxygens (including phenoxy) is 1. The number of aliphatic hydroxyl groups excluding tert-OH is 1. The molecule has 0 aliphatic rings. The van der Waals surface area contributed by atoms with Gasteiger partial charge < -0.3 is 19.4 Å². The maximum atomic E-state index is 11.5. The molecule has 5 heteroatoms. The highest BCUT2D eigenvalue weighted by atomic mass is 16.5. The number of rotatable bonds is 2. The maximum absolute atomic E-state index is 11.5. The second kappa shape index (κ2) is 3.86. The minimum absolute atomic E-state index is 0.0815. The van der Waals surface area contributed by atoms with Crippen molar-refractivity contribution in [2.45, 2.75) is 6.61 Å². The second-order valence-corrected chi connectivity index (χ2v) is 3.27. The van der Waals surface area contributed by atoms with Gasteiger partial charge >= 0.3 is 5.63 Å². The van der Waals surface area contributed by atoms with Crippen LogP contribution in [0.3, 0.4) is 0 Å². The van der Waals surface area contributed by atoms with Crippen LogP contribution in [0.15, 0.2) is 27.4 Å². The van der Waals surface area contributed by atoms with Gasteiger partial charge in [0.25, 0.3) is 0 Å². The van der Waals surface area contributed by atoms with Crippen molar-refractivity contribution in [2.24, 2.45) is 0 Å². The van der Waals surface area contributed by atoms with Gasteiger partial charge in [-0.05, 0) is 17.5 Å². The van der Waals surface area contributed by atoms with Crippen molar-refractivity contribution in [2.75, 3.05) is 7.11 Å². The minimum Gasteiger partial charge on any atom is -0.507 e. The van der Waals surface area contributed by atoms with Gasteiger partial charge in [-0.2, -0.15) is 0 Å². The molecule has 0 saturated heterocycles. The van der Waals surface area contributed by atoms with Gasteiger partial charge in [0.15, 0.2) is 0 Å². The Morgan fingerprint density at radius 3 is 2.75 bits per heavy atom. The van der Waals surface area contributed by atoms with Crippen LogP contribution in [0.25, 0.3) is 10.8 Å². The highest BCUT2D eigenvalue weighted by Gasteiger charge is 2.10. The Balaban J connectivity index is 2.84. The quantitative estimate of drug-likeness (QED) is 0.755. The van der Waals surface area contributed by atoms with Crippen LogP contribution >= 0.6 is 0 Å². The van der Waals surface area contributed by atoms with E-state index in [0.29, 0.717) is 11.1 Å². The van der Waals surface area contributed by atoms with Crippen molar-refractivity contribution >= 4 is 10.8 Å². The largest absolute Gasteiger partial charge is 0.507 e. The average molecular weight is 232 g/mol. The summed E-state index contributed by atoms with van der Waals surface area (Å²) < 4.78 is 9.75. The van der Waals surface area contributed by atoms with Crippen molar-refractivity contribution in [3.63, 3.8) is 0 Å². The number of hydrogen-bond acceptors (Lipinski definition) is 5. The molecule has 1 heterocycles. The number of fused-ring (bicyclic) bond motifs is 1. The first-order valence-corrected chi connectivity index (χ1v) is 4.60. The lowest BCUT2D eigenvalue weighted by Crippen LogP contribution is -2.02. The van der Waals surface area contributed by atoms with Crippen molar-refractivity contribution < 1.29 is 19.4 Å². The molecule has 2 aromatic rings. The number of hydrogen-bond donors (Lipinski definition) is 2. The third kappa shape index (κ3) is 1.61. The van der Waals surface area contributed by atoms with Crippen LogP contribution in [-0.4, -0.2) is 17.3 Å². The first-order chi connectivity index (χ1) is 7.65. The summed E-state index contributed by atoms with van der Waals surface area (Å²) in [7, 11) is 1.46. The second-order valence-electron chi connectivity index (χ2n) is 3.27. The maximum Gasteiger partial charge on any atom is 0.347 e. The molecule has 0 fully saturated rings. The first-order valence-electron chi connectivity index (χ1n) is 4.60. The zero-order chi connectivity index (χ0) is 11.7. The lowest BCUT2D eigenvalue weighted by atomic mass is 11.1. The number of phenolic OH excluding ortho intramolecular Hbond substituents is 1. The third-order valence-corrected chi connectivity index (χ3v) is 2.26. The number of benzene rings is 1. The molecule has 2 rings (SSSR count). The fourth-order valence-corrected chi connectivity index (χ4v) is 1.53. The van der Waals surface area contributed by atoms with Gasteiger partial charge in [-0.25, -0.2) is 4.79 Å². The molecule has 2 N–H and O–H groups in total. The molecule has 0 aliphatic heterocycles. The van der Waals surface area contributed by atoms with Gasteiger partial charge in [-0.3, -0.25) is 0 Å². The fraction of sp³-hybridized carbons (Fsp3) is 0.182. The van der Waals surface area contributed by atoms with Crippen LogP contribution in [0.4, 0.5) is 0 Å². The Labute approximate surface area is 90.5 Å². The van der Waals surface area contributed by atoms with E-state index in [1.807, 2.05) is 0 Å². The summed E-state index contributed by atoms with van der Waals surface area (Å²) in [6.45, 7) is -0.372. The van der Waals surface area contributed by atoms with Gasteiger partial charge in [0.05, 0.1) is 7.11 Å². The van der Waals surface area contributed by atoms with E-state index in [4.69, 9.17) is 14.3 Å². The van der Waals surface area contributed by atoms with E-state index >= 15 is 0 Å². The normalized spacial score (nSPS) is 10.6. The molecule has 0 bridgehead atoms. The van der Waals surface area contributed by atoms with Crippen molar-refractivity contribution in [3.8, 4) is 11.5 Å². The molecule has 0 aliphatic carbocycles. The van der Waals surface area contributed by atoms with Crippen LogP contribution in [0.5, 0.6) is 11.5 Å². The van der Waals surface area contributed by atoms with Crippen LogP contribution < -0.4 is 10.4 Å². The van der Waals surface area contributed by atoms with Gasteiger partial charge in [-0.1, -0.05) is 0 Å². The summed E-state index contributed by atoms with van der Waals surface area (Å²) in [5.41, 5.74) is -0.679. The first kappa shape index (κ1) is 10.5. The fourth-order valence-electron chi connectivity index (χ4n) is 1.53. The number of phenols is 1. The van der Waals surface area contributed by atoms with Crippen LogP contribution in [0, 0.1) is 0 Å². The summed E-state index contributed by atoms with van der Waals surface area (Å²) in [6, 6.07) is 4.40. The molecular formula is C11H10O5. The summed E-state index contributed by atoms with van der Waals surface area (Å²) in [6.07, 6.45) is 0. The third-order valence-electron chi connectivity index (χ3n) is 2.26. The molecule has 0 saturated carbocycles. The van der Waals surface area contributed by atoms with Crippen LogP contribution in [0.1, 0.15) is 5.76 Å². The molecule has 0 spiro atoms. The molecular weight excluding hydrogens is 222 g/mol. The standard InChI is InChI=1S/C11H10O5/c1-15-7-2-6-3-8(5-12)16-11(14)10(6)9(13)4-7/h2-4,12-13H,5H2,1H3/i2+1,3+1,4+1,5+1,6+1,7+1,8+1,9+1,10+1,11+1. The highest BCUT2D eigenvalue weighted by molar-refractivity contribution is 5.88. The van der Waals surface area contributed by atoms with E-state index in [1.54, 1.807) is 6.07 Å². The van der Waals surface area contributed by atoms with E-state index in [1.165, 1.54) is 19.2 Å². The van der Waals surface area contributed by atoms with E-state index in [9.17, 15) is 9.90 Å². The number of methoxy groups -OCH3 is 1. The number of aliphatic hydroxyl groups is 1. The van der Waals surface area contributed by atoms with E-state index < -0.39 is 5.63 Å². The Morgan fingerprint density at radius 2 is 2.12 bits per heavy atom. The van der Waals surface area contributed by atoms with Crippen molar-refractivity contribution in [1.29, 1.82) is 0 Å². The molecule has 84 valence electrons. The molecule has 0 radical (unpaired) electrons. The highest BCUT2D eigenvalue weighted by Crippen LogP contribution is 2.28. The molecule has 0 unspecified atom stereocenters. The summed E-state index contributed by atoms with van der Waals surface area (Å²) in [5.74, 6) is 0.372. The molecule has 5 nitrogen and oxygen atoms in total. The predicted octanol–water partition coefficient (Wildman–Crippen LogP) is 0.999. The monoisotopic (exact) mass is 232 g/mol. The van der Waals surface area contributed by atoms with Crippen LogP contribution in [-0.2, 0) is 6.61 Å². The van der Waals surface area contributed by atoms with Gasteiger partial charge in [-0.15, -0.1) is 0 Å². The molecule has 1 aromatic carbocycles.